The lowest BCUT2D eigenvalue weighted by Gasteiger charge is -2.39. The lowest BCUT2D eigenvalue weighted by atomic mass is 9.98. The van der Waals surface area contributed by atoms with Crippen LogP contribution in [0.1, 0.15) is 12.5 Å². The summed E-state index contributed by atoms with van der Waals surface area (Å²) in [7, 11) is 0. The first-order valence-corrected chi connectivity index (χ1v) is 13.1. The number of ether oxygens (including phenoxy) is 2. The molecule has 2 aliphatic heterocycles. The van der Waals surface area contributed by atoms with Gasteiger partial charge >= 0.3 is 5.69 Å². The third-order valence-electron chi connectivity index (χ3n) is 7.28. The largest absolute Gasteiger partial charge is 0.394 e. The Hall–Kier alpha value is -4.21. The predicted molar refractivity (Wildman–Crippen MR) is 139 cm³/mol. The van der Waals surface area contributed by atoms with Crippen LogP contribution in [0.3, 0.4) is 0 Å². The molecule has 0 spiro atoms. The summed E-state index contributed by atoms with van der Waals surface area (Å²) < 4.78 is 14.7. The fourth-order valence-electron chi connectivity index (χ4n) is 4.97. The van der Waals surface area contributed by atoms with Gasteiger partial charge in [0.15, 0.2) is 12.5 Å². The molecular formula is C24H27N9O10. The van der Waals surface area contributed by atoms with Crippen molar-refractivity contribution in [2.24, 2.45) is 0 Å². The zero-order valence-electron chi connectivity index (χ0n) is 22.0. The van der Waals surface area contributed by atoms with Crippen LogP contribution in [0.15, 0.2) is 52.4 Å². The van der Waals surface area contributed by atoms with Crippen LogP contribution in [0.25, 0.3) is 22.8 Å². The number of H-pyrrole nitrogens is 1. The minimum Gasteiger partial charge on any atom is -0.394 e. The molecular weight excluding hydrogens is 574 g/mol. The number of aliphatic hydroxyl groups excluding tert-OH is 6. The Morgan fingerprint density at radius 1 is 0.767 bits per heavy atom. The van der Waals surface area contributed by atoms with Gasteiger partial charge in [-0.15, -0.1) is 10.2 Å². The van der Waals surface area contributed by atoms with Crippen molar-refractivity contribution in [2.75, 3.05) is 6.61 Å². The van der Waals surface area contributed by atoms with Crippen LogP contribution >= 0.6 is 0 Å². The van der Waals surface area contributed by atoms with Crippen molar-refractivity contribution in [3.63, 3.8) is 0 Å². The molecule has 0 aromatic carbocycles. The molecule has 7 N–H and O–H groups in total. The highest BCUT2D eigenvalue weighted by atomic mass is 16.6. The van der Waals surface area contributed by atoms with E-state index < -0.39 is 73.0 Å². The number of pyridine rings is 1. The molecule has 0 aliphatic carbocycles. The number of hydrogen-bond donors (Lipinski definition) is 7. The molecule has 0 unspecified atom stereocenters. The van der Waals surface area contributed by atoms with Gasteiger partial charge in [-0.25, -0.2) is 19.1 Å². The van der Waals surface area contributed by atoms with Gasteiger partial charge in [0, 0.05) is 12.3 Å². The molecule has 0 radical (unpaired) electrons. The van der Waals surface area contributed by atoms with Crippen LogP contribution in [-0.2, 0) is 16.0 Å². The van der Waals surface area contributed by atoms with Crippen molar-refractivity contribution < 1.29 is 40.1 Å². The van der Waals surface area contributed by atoms with E-state index in [0.717, 1.165) is 15.3 Å². The van der Waals surface area contributed by atoms with Crippen LogP contribution in [-0.4, -0.2) is 124 Å². The number of nitrogens with one attached hydrogen (secondary N) is 1. The fraction of sp³-hybridized carbons (Fsp3) is 0.458. The van der Waals surface area contributed by atoms with Gasteiger partial charge in [-0.05, 0) is 12.1 Å². The standard InChI is InChI=1S/C24H27N9O10/c34-9-15-18(37)19(38)21(40)23(43-15)33-7-13(28-30-33)11-3-1-2-10(25-11)12-6-31(29-27-12)8-14-17(36)20(39)22(42-14)32-5-4-16(35)26-24(32)41/h1-7,14-15,17-23,34,36-40H,8-9H2,(H,26,35,41)/t14-,15-,17-,18-,19+,20-,21-,22-,23-/m1/s1. The molecule has 19 heteroatoms. The second kappa shape index (κ2) is 11.5. The minimum atomic E-state index is -1.58. The Morgan fingerprint density at radius 2 is 1.42 bits per heavy atom. The Kier molecular flexibility index (Phi) is 7.70. The smallest absolute Gasteiger partial charge is 0.330 e. The van der Waals surface area contributed by atoms with Crippen molar-refractivity contribution in [2.45, 2.75) is 61.7 Å². The van der Waals surface area contributed by atoms with E-state index in [1.165, 1.54) is 17.1 Å². The number of aliphatic hydroxyl groups is 6. The average Bonchev–Trinajstić information content (AvgIpc) is 3.74. The number of hydrogen-bond acceptors (Lipinski definition) is 15. The SMILES string of the molecule is O=c1ccn([C@@H]2O[C@H](Cn3cc(-c4cccc(-c5cn([C@@H]6O[C@H](CO)[C@@H](O)[C@H](O)[C@H]6O)nn5)n4)nn3)[C@@H](O)[C@H]2O)c(=O)[nH]1. The zero-order chi connectivity index (χ0) is 30.4. The predicted octanol–water partition coefficient (Wildman–Crippen LogP) is -4.26. The highest BCUT2D eigenvalue weighted by molar-refractivity contribution is 5.60. The summed E-state index contributed by atoms with van der Waals surface area (Å²) in [6.45, 7) is -0.623. The molecule has 43 heavy (non-hydrogen) atoms. The number of rotatable bonds is 7. The first kappa shape index (κ1) is 28.9. The van der Waals surface area contributed by atoms with E-state index in [-0.39, 0.29) is 12.2 Å². The number of nitrogens with zero attached hydrogens (tertiary/aromatic N) is 8. The molecule has 2 saturated heterocycles. The third-order valence-corrected chi connectivity index (χ3v) is 7.28. The number of aromatic nitrogens is 9. The van der Waals surface area contributed by atoms with Crippen molar-refractivity contribution in [1.82, 2.24) is 44.5 Å². The van der Waals surface area contributed by atoms with Gasteiger partial charge < -0.3 is 40.1 Å². The fourth-order valence-corrected chi connectivity index (χ4v) is 4.97. The molecule has 0 amide bonds. The Morgan fingerprint density at radius 3 is 2.14 bits per heavy atom. The lowest BCUT2D eigenvalue weighted by molar-refractivity contribution is -0.254. The summed E-state index contributed by atoms with van der Waals surface area (Å²) >= 11 is 0. The molecule has 19 nitrogen and oxygen atoms in total. The molecule has 228 valence electrons. The minimum absolute atomic E-state index is 0.0348. The van der Waals surface area contributed by atoms with Gasteiger partial charge in [0.05, 0.1) is 36.9 Å². The second-order valence-corrected chi connectivity index (χ2v) is 10.1. The average molecular weight is 602 g/mol. The molecule has 6 rings (SSSR count). The summed E-state index contributed by atoms with van der Waals surface area (Å²) in [5.41, 5.74) is -0.00833. The monoisotopic (exact) mass is 601 g/mol. The van der Waals surface area contributed by atoms with Crippen LogP contribution < -0.4 is 11.2 Å². The second-order valence-electron chi connectivity index (χ2n) is 10.1. The van der Waals surface area contributed by atoms with Crippen molar-refractivity contribution >= 4 is 0 Å². The Labute approximate surface area is 239 Å². The van der Waals surface area contributed by atoms with Crippen molar-refractivity contribution in [1.29, 1.82) is 0 Å². The van der Waals surface area contributed by atoms with E-state index in [2.05, 4.69) is 30.6 Å². The van der Waals surface area contributed by atoms with Crippen molar-refractivity contribution in [3.05, 3.63) is 63.7 Å². The van der Waals surface area contributed by atoms with Gasteiger partial charge in [0.25, 0.3) is 5.56 Å². The maximum absolute atomic E-state index is 12.1. The maximum atomic E-state index is 12.1. The van der Waals surface area contributed by atoms with Crippen LogP contribution in [0.2, 0.25) is 0 Å². The highest BCUT2D eigenvalue weighted by Crippen LogP contribution is 2.30. The number of aromatic amines is 1. The van der Waals surface area contributed by atoms with Crippen LogP contribution in [0, 0.1) is 0 Å². The molecule has 2 aliphatic rings. The molecule has 0 bridgehead atoms. The quantitative estimate of drug-likeness (QED) is 0.106. The van der Waals surface area contributed by atoms with E-state index in [0.29, 0.717) is 17.1 Å². The van der Waals surface area contributed by atoms with Gasteiger partial charge in [-0.2, -0.15) is 0 Å². The van der Waals surface area contributed by atoms with Gasteiger partial charge in [0.1, 0.15) is 54.1 Å². The van der Waals surface area contributed by atoms with E-state index in [1.54, 1.807) is 24.4 Å². The zero-order valence-corrected chi connectivity index (χ0v) is 22.0. The Bertz CT molecular complexity index is 1700. The van der Waals surface area contributed by atoms with Gasteiger partial charge in [-0.1, -0.05) is 16.5 Å². The Balaban J connectivity index is 1.17. The highest BCUT2D eigenvalue weighted by Gasteiger charge is 2.45. The van der Waals surface area contributed by atoms with Crippen LogP contribution in [0.5, 0.6) is 0 Å². The molecule has 6 heterocycles. The summed E-state index contributed by atoms with van der Waals surface area (Å²) in [6, 6.07) is 6.11. The normalized spacial score (nSPS) is 31.0. The third kappa shape index (κ3) is 5.39. The lowest BCUT2D eigenvalue weighted by Crippen LogP contribution is -2.56. The molecule has 2 fully saturated rings. The first-order chi connectivity index (χ1) is 20.6. The van der Waals surface area contributed by atoms with E-state index in [4.69, 9.17) is 9.47 Å². The van der Waals surface area contributed by atoms with E-state index in [1.807, 2.05) is 0 Å². The molecule has 4 aromatic heterocycles. The van der Waals surface area contributed by atoms with Crippen molar-refractivity contribution in [3.8, 4) is 22.8 Å². The summed E-state index contributed by atoms with van der Waals surface area (Å²) in [6.07, 6.45) is -7.88. The van der Waals surface area contributed by atoms with Crippen LogP contribution in [0.4, 0.5) is 0 Å². The molecule has 9 atom stereocenters. The van der Waals surface area contributed by atoms with Gasteiger partial charge in [-0.3, -0.25) is 14.3 Å². The maximum Gasteiger partial charge on any atom is 0.330 e. The summed E-state index contributed by atoms with van der Waals surface area (Å²) in [5, 5.41) is 77.1. The molecule has 4 aromatic rings. The summed E-state index contributed by atoms with van der Waals surface area (Å²) in [4.78, 5) is 30.1. The topological polar surface area (TPSA) is 269 Å². The summed E-state index contributed by atoms with van der Waals surface area (Å²) in [5.74, 6) is 0. The first-order valence-electron chi connectivity index (χ1n) is 13.1. The molecule has 0 saturated carbocycles. The van der Waals surface area contributed by atoms with E-state index in [9.17, 15) is 40.2 Å². The van der Waals surface area contributed by atoms with E-state index >= 15 is 0 Å². The van der Waals surface area contributed by atoms with Gasteiger partial charge in [0.2, 0.25) is 0 Å².